The van der Waals surface area contributed by atoms with Gasteiger partial charge in [-0.05, 0) is 28.5 Å². The highest BCUT2D eigenvalue weighted by molar-refractivity contribution is 8.12. The van der Waals surface area contributed by atoms with Crippen molar-refractivity contribution in [2.45, 2.75) is 0 Å². The maximum absolute atomic E-state index is 12.1. The Hall–Kier alpha value is -1.44. The minimum atomic E-state index is 0.00167. The van der Waals surface area contributed by atoms with Gasteiger partial charge in [0.15, 0.2) is 0 Å². The number of fused-ring (bicyclic) bond motifs is 1. The van der Waals surface area contributed by atoms with E-state index in [9.17, 15) is 4.79 Å². The van der Waals surface area contributed by atoms with Crippen molar-refractivity contribution in [3.63, 3.8) is 0 Å². The predicted octanol–water partition coefficient (Wildman–Crippen LogP) is 1.34. The van der Waals surface area contributed by atoms with E-state index in [1.807, 2.05) is 4.31 Å². The Kier molecular flexibility index (Phi) is 3.26. The normalized spacial score (nSPS) is 17.1. The number of benzene rings is 1. The zero-order valence-corrected chi connectivity index (χ0v) is 10.4. The summed E-state index contributed by atoms with van der Waals surface area (Å²) in [5.74, 6) is 0. The van der Waals surface area contributed by atoms with Crippen molar-refractivity contribution in [2.75, 3.05) is 26.3 Å². The number of rotatable bonds is 2. The third-order valence-corrected chi connectivity index (χ3v) is 3.70. The van der Waals surface area contributed by atoms with Crippen molar-refractivity contribution in [1.29, 1.82) is 0 Å². The van der Waals surface area contributed by atoms with E-state index in [0.717, 1.165) is 13.1 Å². The molecule has 1 aliphatic rings. The van der Waals surface area contributed by atoms with Crippen LogP contribution in [0.2, 0.25) is 0 Å². The van der Waals surface area contributed by atoms with Crippen LogP contribution >= 0.6 is 11.9 Å². The van der Waals surface area contributed by atoms with Gasteiger partial charge in [0.25, 0.3) is 0 Å². The molecular formula is C11H11N3O3S. The maximum Gasteiger partial charge on any atom is 0.234 e. The molecule has 18 heavy (non-hydrogen) atoms. The number of aromatic nitrogens is 2. The van der Waals surface area contributed by atoms with Crippen LogP contribution in [0.5, 0.6) is 0 Å². The van der Waals surface area contributed by atoms with Gasteiger partial charge in [0.1, 0.15) is 11.0 Å². The van der Waals surface area contributed by atoms with Gasteiger partial charge < -0.3 is 4.74 Å². The van der Waals surface area contributed by atoms with Gasteiger partial charge in [-0.25, -0.2) is 8.93 Å². The molecule has 0 spiro atoms. The van der Waals surface area contributed by atoms with E-state index in [1.165, 1.54) is 11.9 Å². The van der Waals surface area contributed by atoms with E-state index < -0.39 is 0 Å². The van der Waals surface area contributed by atoms with E-state index in [-0.39, 0.29) is 5.12 Å². The largest absolute Gasteiger partial charge is 0.379 e. The summed E-state index contributed by atoms with van der Waals surface area (Å²) in [6, 6.07) is 5.17. The Morgan fingerprint density at radius 1 is 1.22 bits per heavy atom. The molecule has 94 valence electrons. The third-order valence-electron chi connectivity index (χ3n) is 2.67. The fourth-order valence-electron chi connectivity index (χ4n) is 1.72. The molecule has 0 bridgehead atoms. The average Bonchev–Trinajstić information content (AvgIpc) is 2.87. The number of morpholine rings is 1. The van der Waals surface area contributed by atoms with Crippen molar-refractivity contribution < 1.29 is 14.2 Å². The lowest BCUT2D eigenvalue weighted by molar-refractivity contribution is 0.0766. The molecule has 0 aliphatic carbocycles. The molecule has 0 radical (unpaired) electrons. The number of carbonyl (C=O) groups is 1. The Bertz CT molecular complexity index is 565. The van der Waals surface area contributed by atoms with E-state index in [0.29, 0.717) is 29.8 Å². The summed E-state index contributed by atoms with van der Waals surface area (Å²) in [6.45, 7) is 2.88. The fraction of sp³-hybridized carbons (Fsp3) is 0.364. The van der Waals surface area contributed by atoms with Crippen LogP contribution in [-0.4, -0.2) is 46.0 Å². The minimum Gasteiger partial charge on any atom is -0.379 e. The number of hydrogen-bond acceptors (Lipinski definition) is 7. The molecule has 1 aromatic heterocycles. The van der Waals surface area contributed by atoms with Crippen LogP contribution in [0, 0.1) is 0 Å². The minimum absolute atomic E-state index is 0.00167. The second-order valence-electron chi connectivity index (χ2n) is 3.89. The van der Waals surface area contributed by atoms with E-state index in [2.05, 4.69) is 14.9 Å². The summed E-state index contributed by atoms with van der Waals surface area (Å²) in [6.07, 6.45) is 0. The summed E-state index contributed by atoms with van der Waals surface area (Å²) in [5.41, 5.74) is 1.86. The molecule has 0 N–H and O–H groups in total. The van der Waals surface area contributed by atoms with Crippen LogP contribution < -0.4 is 0 Å². The lowest BCUT2D eigenvalue weighted by atomic mass is 10.2. The highest BCUT2D eigenvalue weighted by Crippen LogP contribution is 2.20. The standard InChI is InChI=1S/C11H11N3O3S/c15-11(18-14-3-5-16-6-4-14)8-1-2-9-10(7-8)13-17-12-9/h1-2,7H,3-6H2. The first-order valence-electron chi connectivity index (χ1n) is 5.60. The van der Waals surface area contributed by atoms with Gasteiger partial charge in [0.05, 0.1) is 13.2 Å². The maximum atomic E-state index is 12.1. The number of nitrogens with zero attached hydrogens (tertiary/aromatic N) is 3. The molecule has 1 aliphatic heterocycles. The zero-order valence-electron chi connectivity index (χ0n) is 9.54. The van der Waals surface area contributed by atoms with Crippen molar-refractivity contribution in [3.05, 3.63) is 23.8 Å². The molecule has 6 nitrogen and oxygen atoms in total. The number of ether oxygens (including phenoxy) is 1. The molecule has 2 aromatic rings. The molecule has 0 saturated carbocycles. The third kappa shape index (κ3) is 2.38. The lowest BCUT2D eigenvalue weighted by Gasteiger charge is -2.24. The van der Waals surface area contributed by atoms with Gasteiger partial charge in [0, 0.05) is 30.6 Å². The summed E-state index contributed by atoms with van der Waals surface area (Å²) in [7, 11) is 0. The Labute approximate surface area is 107 Å². The highest BCUT2D eigenvalue weighted by Gasteiger charge is 2.17. The Morgan fingerprint density at radius 2 is 2.00 bits per heavy atom. The van der Waals surface area contributed by atoms with Crippen LogP contribution in [-0.2, 0) is 4.74 Å². The Balaban J connectivity index is 1.74. The first-order valence-corrected chi connectivity index (χ1v) is 6.37. The second-order valence-corrected chi connectivity index (χ2v) is 4.96. The van der Waals surface area contributed by atoms with E-state index >= 15 is 0 Å². The van der Waals surface area contributed by atoms with Gasteiger partial charge in [-0.2, -0.15) is 0 Å². The first-order chi connectivity index (χ1) is 8.83. The SMILES string of the molecule is O=C(SN1CCOCC1)c1ccc2nonc2c1. The molecule has 2 heterocycles. The predicted molar refractivity (Wildman–Crippen MR) is 66.1 cm³/mol. The van der Waals surface area contributed by atoms with Crippen LogP contribution in [0.1, 0.15) is 10.4 Å². The second kappa shape index (κ2) is 5.05. The van der Waals surface area contributed by atoms with Crippen LogP contribution in [0.25, 0.3) is 11.0 Å². The summed E-state index contributed by atoms with van der Waals surface area (Å²) in [5, 5.41) is 7.43. The van der Waals surface area contributed by atoms with Gasteiger partial charge >= 0.3 is 0 Å². The fourth-order valence-corrected chi connectivity index (χ4v) is 2.52. The van der Waals surface area contributed by atoms with Crippen molar-refractivity contribution in [3.8, 4) is 0 Å². The first kappa shape index (κ1) is 11.6. The number of hydrogen-bond donors (Lipinski definition) is 0. The zero-order chi connectivity index (χ0) is 12.4. The molecular weight excluding hydrogens is 254 g/mol. The lowest BCUT2D eigenvalue weighted by Crippen LogP contribution is -2.32. The molecule has 7 heteroatoms. The monoisotopic (exact) mass is 265 g/mol. The molecule has 0 unspecified atom stereocenters. The van der Waals surface area contributed by atoms with Crippen molar-refractivity contribution >= 4 is 28.1 Å². The highest BCUT2D eigenvalue weighted by atomic mass is 32.2. The molecule has 1 aromatic carbocycles. The van der Waals surface area contributed by atoms with Crippen molar-refractivity contribution in [2.24, 2.45) is 0 Å². The van der Waals surface area contributed by atoms with Gasteiger partial charge in [-0.3, -0.25) is 4.79 Å². The topological polar surface area (TPSA) is 68.5 Å². The smallest absolute Gasteiger partial charge is 0.234 e. The van der Waals surface area contributed by atoms with Gasteiger partial charge in [0.2, 0.25) is 5.12 Å². The average molecular weight is 265 g/mol. The van der Waals surface area contributed by atoms with Crippen molar-refractivity contribution in [1.82, 2.24) is 14.6 Å². The van der Waals surface area contributed by atoms with Crippen LogP contribution in [0.4, 0.5) is 0 Å². The quantitative estimate of drug-likeness (QED) is 0.759. The van der Waals surface area contributed by atoms with Crippen LogP contribution in [0.3, 0.4) is 0 Å². The van der Waals surface area contributed by atoms with E-state index in [1.54, 1.807) is 18.2 Å². The molecule has 3 rings (SSSR count). The molecule has 1 fully saturated rings. The van der Waals surface area contributed by atoms with Crippen LogP contribution in [0.15, 0.2) is 22.8 Å². The Morgan fingerprint density at radius 3 is 2.83 bits per heavy atom. The van der Waals surface area contributed by atoms with Gasteiger partial charge in [-0.1, -0.05) is 0 Å². The summed E-state index contributed by atoms with van der Waals surface area (Å²) in [4.78, 5) is 12.1. The molecule has 0 atom stereocenters. The molecule has 0 amide bonds. The van der Waals surface area contributed by atoms with E-state index in [4.69, 9.17) is 4.74 Å². The van der Waals surface area contributed by atoms with Gasteiger partial charge in [-0.15, -0.1) is 0 Å². The molecule has 1 saturated heterocycles. The summed E-state index contributed by atoms with van der Waals surface area (Å²) >= 11 is 1.22. The summed E-state index contributed by atoms with van der Waals surface area (Å²) < 4.78 is 11.9. The number of carbonyl (C=O) groups excluding carboxylic acids is 1.